The van der Waals surface area contributed by atoms with Crippen molar-refractivity contribution in [2.75, 3.05) is 5.32 Å². The number of aromatic nitrogens is 2. The van der Waals surface area contributed by atoms with Crippen molar-refractivity contribution in [3.05, 3.63) is 34.6 Å². The van der Waals surface area contributed by atoms with Gasteiger partial charge in [0.25, 0.3) is 5.91 Å². The number of anilines is 1. The van der Waals surface area contributed by atoms with Crippen LogP contribution in [0.15, 0.2) is 18.3 Å². The lowest BCUT2D eigenvalue weighted by molar-refractivity contribution is -0.134. The zero-order valence-corrected chi connectivity index (χ0v) is 20.6. The minimum Gasteiger partial charge on any atom is -0.392 e. The van der Waals surface area contributed by atoms with E-state index in [1.807, 2.05) is 26.2 Å². The molecule has 0 bridgehead atoms. The average molecular weight is 471 g/mol. The van der Waals surface area contributed by atoms with Crippen LogP contribution in [-0.2, 0) is 18.3 Å². The molecule has 8 heteroatoms. The Bertz CT molecular complexity index is 1070. The Kier molecular flexibility index (Phi) is 5.64. The molecule has 2 heterocycles. The first-order valence-electron chi connectivity index (χ1n) is 12.1. The fourth-order valence-electron chi connectivity index (χ4n) is 6.21. The molecule has 0 aromatic carbocycles. The molecule has 6 atom stereocenters. The standard InChI is InChI=1S/C25H34N4O3S/c1-13(22(31)26-15-7-8-15)16-9-10-25(3)12-18-20(14(2)19(25)21(16)30)27-24(33-18)28-23(32)17-6-5-11-29(17)4/h5-6,11,13-16,19,21,30H,7-10,12H2,1-4H3,(H,26,31)(H,27,28,32)/t13-,14-,16-,19+,21-,25-/m0/s1. The van der Waals surface area contributed by atoms with Gasteiger partial charge in [-0.25, -0.2) is 4.98 Å². The number of amides is 2. The van der Waals surface area contributed by atoms with E-state index in [4.69, 9.17) is 4.98 Å². The lowest BCUT2D eigenvalue weighted by atomic mass is 9.53. The molecule has 3 aliphatic rings. The zero-order chi connectivity index (χ0) is 23.5. The molecule has 0 radical (unpaired) electrons. The summed E-state index contributed by atoms with van der Waals surface area (Å²) in [6, 6.07) is 3.97. The van der Waals surface area contributed by atoms with Crippen LogP contribution < -0.4 is 10.6 Å². The van der Waals surface area contributed by atoms with Gasteiger partial charge >= 0.3 is 0 Å². The number of thiazole rings is 1. The molecule has 0 spiro atoms. The quantitative estimate of drug-likeness (QED) is 0.621. The number of hydrogen-bond donors (Lipinski definition) is 3. The van der Waals surface area contributed by atoms with Crippen molar-refractivity contribution in [1.82, 2.24) is 14.9 Å². The van der Waals surface area contributed by atoms with Crippen LogP contribution in [0, 0.1) is 23.2 Å². The van der Waals surface area contributed by atoms with Crippen molar-refractivity contribution >= 4 is 28.3 Å². The lowest BCUT2D eigenvalue weighted by Gasteiger charge is -2.53. The van der Waals surface area contributed by atoms with Crippen LogP contribution >= 0.6 is 11.3 Å². The van der Waals surface area contributed by atoms with Crippen molar-refractivity contribution in [1.29, 1.82) is 0 Å². The number of carbonyl (C=O) groups is 2. The highest BCUT2D eigenvalue weighted by molar-refractivity contribution is 7.15. The Morgan fingerprint density at radius 2 is 2.09 bits per heavy atom. The van der Waals surface area contributed by atoms with Crippen LogP contribution in [0.3, 0.4) is 0 Å². The molecule has 7 nitrogen and oxygen atoms in total. The molecule has 33 heavy (non-hydrogen) atoms. The first-order chi connectivity index (χ1) is 15.7. The molecule has 2 amide bonds. The van der Waals surface area contributed by atoms with Crippen molar-refractivity contribution in [3.63, 3.8) is 0 Å². The number of aryl methyl sites for hydroxylation is 1. The molecule has 0 aliphatic heterocycles. The third-order valence-electron chi connectivity index (χ3n) is 8.30. The van der Waals surface area contributed by atoms with Gasteiger partial charge in [0.1, 0.15) is 5.69 Å². The van der Waals surface area contributed by atoms with Gasteiger partial charge in [0.15, 0.2) is 5.13 Å². The van der Waals surface area contributed by atoms with E-state index in [-0.39, 0.29) is 40.9 Å². The minimum absolute atomic E-state index is 0.0402. The smallest absolute Gasteiger partial charge is 0.274 e. The lowest BCUT2D eigenvalue weighted by Crippen LogP contribution is -2.53. The minimum atomic E-state index is -0.546. The Balaban J connectivity index is 1.35. The summed E-state index contributed by atoms with van der Waals surface area (Å²) in [5.41, 5.74) is 1.54. The van der Waals surface area contributed by atoms with E-state index in [2.05, 4.69) is 24.5 Å². The number of aliphatic hydroxyl groups is 1. The van der Waals surface area contributed by atoms with E-state index in [0.29, 0.717) is 16.9 Å². The van der Waals surface area contributed by atoms with E-state index in [0.717, 1.165) is 37.8 Å². The Labute approximate surface area is 199 Å². The molecule has 2 aromatic heterocycles. The normalized spacial score (nSPS) is 31.9. The zero-order valence-electron chi connectivity index (χ0n) is 19.8. The summed E-state index contributed by atoms with van der Waals surface area (Å²) in [4.78, 5) is 31.4. The maximum atomic E-state index is 12.7. The summed E-state index contributed by atoms with van der Waals surface area (Å²) < 4.78 is 1.79. The number of nitrogens with one attached hydrogen (secondary N) is 2. The SMILES string of the molecule is C[C@H](C(=O)NC1CC1)[C@@H]1CC[C@@]2(C)Cc3sc(NC(=O)c4cccn4C)nc3[C@@H](C)[C@@H]2[C@H]1O. The van der Waals surface area contributed by atoms with Crippen LogP contribution in [0.5, 0.6) is 0 Å². The molecule has 3 aliphatic carbocycles. The Morgan fingerprint density at radius 3 is 2.76 bits per heavy atom. The highest BCUT2D eigenvalue weighted by atomic mass is 32.1. The maximum Gasteiger partial charge on any atom is 0.274 e. The van der Waals surface area contributed by atoms with Crippen molar-refractivity contribution in [2.45, 2.75) is 70.9 Å². The van der Waals surface area contributed by atoms with Gasteiger partial charge in [0, 0.05) is 36.0 Å². The predicted molar refractivity (Wildman–Crippen MR) is 128 cm³/mol. The Hall–Kier alpha value is -2.19. The second-order valence-corrected chi connectivity index (χ2v) is 11.8. The third kappa shape index (κ3) is 4.01. The second-order valence-electron chi connectivity index (χ2n) is 10.7. The van der Waals surface area contributed by atoms with Gasteiger partial charge in [-0.15, -0.1) is 11.3 Å². The molecule has 0 saturated heterocycles. The van der Waals surface area contributed by atoms with Crippen LogP contribution in [0.2, 0.25) is 0 Å². The number of aliphatic hydroxyl groups excluding tert-OH is 1. The molecule has 178 valence electrons. The molecule has 3 N–H and O–H groups in total. The van der Waals surface area contributed by atoms with Crippen molar-refractivity contribution < 1.29 is 14.7 Å². The van der Waals surface area contributed by atoms with Crippen LogP contribution in [-0.4, -0.2) is 38.6 Å². The monoisotopic (exact) mass is 470 g/mol. The Morgan fingerprint density at radius 1 is 1.33 bits per heavy atom. The van der Waals surface area contributed by atoms with E-state index in [1.54, 1.807) is 22.0 Å². The van der Waals surface area contributed by atoms with Gasteiger partial charge in [0.05, 0.1) is 11.8 Å². The molecular weight excluding hydrogens is 436 g/mol. The molecule has 2 saturated carbocycles. The summed E-state index contributed by atoms with van der Waals surface area (Å²) in [7, 11) is 1.85. The largest absolute Gasteiger partial charge is 0.392 e. The van der Waals surface area contributed by atoms with Crippen LogP contribution in [0.4, 0.5) is 5.13 Å². The number of nitrogens with zero attached hydrogens (tertiary/aromatic N) is 2. The topological polar surface area (TPSA) is 96.3 Å². The van der Waals surface area contributed by atoms with E-state index in [1.165, 1.54) is 4.88 Å². The summed E-state index contributed by atoms with van der Waals surface area (Å²) in [6.07, 6.45) is 6.12. The summed E-state index contributed by atoms with van der Waals surface area (Å²) in [5, 5.41) is 18.2. The van der Waals surface area contributed by atoms with E-state index >= 15 is 0 Å². The summed E-state index contributed by atoms with van der Waals surface area (Å²) in [5.74, 6) is -0.227. The first-order valence-corrected chi connectivity index (χ1v) is 12.9. The summed E-state index contributed by atoms with van der Waals surface area (Å²) >= 11 is 1.55. The second kappa shape index (κ2) is 8.24. The summed E-state index contributed by atoms with van der Waals surface area (Å²) in [6.45, 7) is 6.38. The third-order valence-corrected chi connectivity index (χ3v) is 9.29. The van der Waals surface area contributed by atoms with Gasteiger partial charge in [-0.3, -0.25) is 14.9 Å². The molecular formula is C25H34N4O3S. The molecule has 2 aromatic rings. The highest BCUT2D eigenvalue weighted by Crippen LogP contribution is 2.57. The van der Waals surface area contributed by atoms with E-state index in [9.17, 15) is 14.7 Å². The van der Waals surface area contributed by atoms with Crippen molar-refractivity contribution in [2.24, 2.45) is 30.2 Å². The van der Waals surface area contributed by atoms with Gasteiger partial charge in [-0.2, -0.15) is 0 Å². The fraction of sp³-hybridized carbons (Fsp3) is 0.640. The maximum absolute atomic E-state index is 12.7. The van der Waals surface area contributed by atoms with Gasteiger partial charge in [-0.1, -0.05) is 20.8 Å². The van der Waals surface area contributed by atoms with E-state index < -0.39 is 6.10 Å². The molecule has 5 rings (SSSR count). The average Bonchev–Trinajstić information content (AvgIpc) is 3.31. The highest BCUT2D eigenvalue weighted by Gasteiger charge is 2.54. The number of carbonyl (C=O) groups excluding carboxylic acids is 2. The predicted octanol–water partition coefficient (Wildman–Crippen LogP) is 3.70. The van der Waals surface area contributed by atoms with Gasteiger partial charge in [0.2, 0.25) is 5.91 Å². The van der Waals surface area contributed by atoms with Crippen LogP contribution in [0.25, 0.3) is 0 Å². The van der Waals surface area contributed by atoms with Crippen molar-refractivity contribution in [3.8, 4) is 0 Å². The number of fused-ring (bicyclic) bond motifs is 2. The molecule has 0 unspecified atom stereocenters. The van der Waals surface area contributed by atoms with Gasteiger partial charge < -0.3 is 15.0 Å². The number of rotatable bonds is 5. The van der Waals surface area contributed by atoms with Crippen LogP contribution in [0.1, 0.15) is 73.4 Å². The van der Waals surface area contributed by atoms with Gasteiger partial charge in [-0.05, 0) is 61.5 Å². The molecule has 2 fully saturated rings. The fourth-order valence-corrected chi connectivity index (χ4v) is 7.47. The number of hydrogen-bond acceptors (Lipinski definition) is 5. The first kappa shape index (κ1) is 22.6.